The summed E-state index contributed by atoms with van der Waals surface area (Å²) >= 11 is 0. The molecule has 2 rings (SSSR count). The molecular formula is C14H14F3N3O. The van der Waals surface area contributed by atoms with E-state index in [1.54, 1.807) is 0 Å². The zero-order chi connectivity index (χ0) is 15.6. The number of nitrogens with zero attached hydrogens (tertiary/aromatic N) is 1. The second-order valence-electron chi connectivity index (χ2n) is 4.75. The highest BCUT2D eigenvalue weighted by Crippen LogP contribution is 2.26. The summed E-state index contributed by atoms with van der Waals surface area (Å²) in [6.07, 6.45) is -4.65. The number of aryl methyl sites for hydroxylation is 2. The molecule has 21 heavy (non-hydrogen) atoms. The number of nitrogens with one attached hydrogen (secondary N) is 2. The lowest BCUT2D eigenvalue weighted by Gasteiger charge is -2.10. The van der Waals surface area contributed by atoms with Crippen molar-refractivity contribution in [2.24, 2.45) is 0 Å². The fraction of sp³-hybridized carbons (Fsp3) is 0.286. The van der Waals surface area contributed by atoms with E-state index in [9.17, 15) is 18.0 Å². The molecule has 0 aliphatic rings. The molecule has 0 aliphatic carbocycles. The Bertz CT molecular complexity index is 707. The van der Waals surface area contributed by atoms with Crippen molar-refractivity contribution in [3.05, 3.63) is 57.0 Å². The maximum absolute atomic E-state index is 12.6. The SMILES string of the molecule is Cc1ccc(CNc2nc(C(F)(F)F)cc(=O)[nH]2)cc1C. The van der Waals surface area contributed by atoms with Crippen LogP contribution in [-0.2, 0) is 12.7 Å². The van der Waals surface area contributed by atoms with E-state index >= 15 is 0 Å². The van der Waals surface area contributed by atoms with Gasteiger partial charge in [-0.2, -0.15) is 13.2 Å². The Labute approximate surface area is 119 Å². The van der Waals surface area contributed by atoms with Crippen LogP contribution >= 0.6 is 0 Å². The monoisotopic (exact) mass is 297 g/mol. The van der Waals surface area contributed by atoms with Crippen molar-refractivity contribution in [3.63, 3.8) is 0 Å². The van der Waals surface area contributed by atoms with Crippen LogP contribution in [0.5, 0.6) is 0 Å². The van der Waals surface area contributed by atoms with Gasteiger partial charge in [0.15, 0.2) is 5.69 Å². The van der Waals surface area contributed by atoms with Crippen LogP contribution in [0.15, 0.2) is 29.1 Å². The van der Waals surface area contributed by atoms with Crippen molar-refractivity contribution >= 4 is 5.95 Å². The van der Waals surface area contributed by atoms with E-state index in [-0.39, 0.29) is 12.5 Å². The Morgan fingerprint density at radius 2 is 1.90 bits per heavy atom. The lowest BCUT2D eigenvalue weighted by atomic mass is 10.1. The summed E-state index contributed by atoms with van der Waals surface area (Å²) in [6, 6.07) is 6.14. The molecule has 1 aromatic carbocycles. The fourth-order valence-corrected chi connectivity index (χ4v) is 1.79. The number of halogens is 3. The van der Waals surface area contributed by atoms with E-state index in [1.807, 2.05) is 32.0 Å². The van der Waals surface area contributed by atoms with Crippen molar-refractivity contribution in [1.29, 1.82) is 0 Å². The molecule has 0 unspecified atom stereocenters. The first-order valence-corrected chi connectivity index (χ1v) is 6.24. The number of benzene rings is 1. The van der Waals surface area contributed by atoms with Crippen LogP contribution in [0, 0.1) is 13.8 Å². The van der Waals surface area contributed by atoms with Gasteiger partial charge in [-0.25, -0.2) is 4.98 Å². The Morgan fingerprint density at radius 3 is 2.52 bits per heavy atom. The minimum Gasteiger partial charge on any atom is -0.352 e. The highest BCUT2D eigenvalue weighted by molar-refractivity contribution is 5.33. The van der Waals surface area contributed by atoms with Gasteiger partial charge in [-0.15, -0.1) is 0 Å². The first-order chi connectivity index (χ1) is 9.75. The summed E-state index contributed by atoms with van der Waals surface area (Å²) in [5.74, 6) is -0.201. The summed E-state index contributed by atoms with van der Waals surface area (Å²) in [5, 5.41) is 2.69. The second kappa shape index (κ2) is 5.59. The molecule has 0 aliphatic heterocycles. The summed E-state index contributed by atoms with van der Waals surface area (Å²) in [5.41, 5.74) is 1.04. The van der Waals surface area contributed by atoms with Crippen molar-refractivity contribution in [1.82, 2.24) is 9.97 Å². The number of H-pyrrole nitrogens is 1. The summed E-state index contributed by atoms with van der Waals surface area (Å²) in [7, 11) is 0. The number of alkyl halides is 3. The predicted molar refractivity (Wildman–Crippen MR) is 73.1 cm³/mol. The van der Waals surface area contributed by atoms with Crippen LogP contribution in [0.25, 0.3) is 0 Å². The molecule has 0 spiro atoms. The smallest absolute Gasteiger partial charge is 0.352 e. The van der Waals surface area contributed by atoms with E-state index < -0.39 is 17.4 Å². The minimum absolute atomic E-state index is 0.201. The van der Waals surface area contributed by atoms with Gasteiger partial charge in [-0.05, 0) is 30.5 Å². The third-order valence-electron chi connectivity index (χ3n) is 3.06. The van der Waals surface area contributed by atoms with Gasteiger partial charge in [-0.3, -0.25) is 9.78 Å². The molecule has 0 amide bonds. The Kier molecular flexibility index (Phi) is 4.02. The van der Waals surface area contributed by atoms with Crippen LogP contribution in [-0.4, -0.2) is 9.97 Å². The Balaban J connectivity index is 2.18. The van der Waals surface area contributed by atoms with Gasteiger partial charge in [0.25, 0.3) is 5.56 Å². The summed E-state index contributed by atoms with van der Waals surface area (Å²) < 4.78 is 37.7. The van der Waals surface area contributed by atoms with Gasteiger partial charge in [0.05, 0.1) is 0 Å². The van der Waals surface area contributed by atoms with Gasteiger partial charge in [0, 0.05) is 12.6 Å². The van der Waals surface area contributed by atoms with Gasteiger partial charge in [0.1, 0.15) is 0 Å². The molecule has 0 fully saturated rings. The van der Waals surface area contributed by atoms with E-state index in [2.05, 4.69) is 15.3 Å². The van der Waals surface area contributed by atoms with Crippen molar-refractivity contribution < 1.29 is 13.2 Å². The third-order valence-corrected chi connectivity index (χ3v) is 3.06. The van der Waals surface area contributed by atoms with Crippen molar-refractivity contribution in [2.45, 2.75) is 26.6 Å². The first-order valence-electron chi connectivity index (χ1n) is 6.24. The predicted octanol–water partition coefficient (Wildman–Crippen LogP) is 3.02. The molecule has 0 saturated carbocycles. The largest absolute Gasteiger partial charge is 0.433 e. The van der Waals surface area contributed by atoms with Crippen LogP contribution in [0.2, 0.25) is 0 Å². The van der Waals surface area contributed by atoms with E-state index in [0.29, 0.717) is 6.07 Å². The topological polar surface area (TPSA) is 57.8 Å². The maximum atomic E-state index is 12.6. The first kappa shape index (κ1) is 15.1. The molecule has 1 aromatic heterocycles. The van der Waals surface area contributed by atoms with E-state index in [4.69, 9.17) is 0 Å². The normalized spacial score (nSPS) is 11.5. The molecule has 0 radical (unpaired) electrons. The zero-order valence-electron chi connectivity index (χ0n) is 11.5. The van der Waals surface area contributed by atoms with Gasteiger partial charge >= 0.3 is 6.18 Å². The summed E-state index contributed by atoms with van der Waals surface area (Å²) in [6.45, 7) is 4.19. The number of anilines is 1. The highest BCUT2D eigenvalue weighted by Gasteiger charge is 2.33. The van der Waals surface area contributed by atoms with Crippen molar-refractivity contribution in [3.8, 4) is 0 Å². The maximum Gasteiger partial charge on any atom is 0.433 e. The molecule has 0 atom stereocenters. The molecule has 1 heterocycles. The highest BCUT2D eigenvalue weighted by atomic mass is 19.4. The zero-order valence-corrected chi connectivity index (χ0v) is 11.5. The molecule has 2 aromatic rings. The molecular weight excluding hydrogens is 283 g/mol. The molecule has 2 N–H and O–H groups in total. The van der Waals surface area contributed by atoms with Crippen LogP contribution in [0.3, 0.4) is 0 Å². The second-order valence-corrected chi connectivity index (χ2v) is 4.75. The average Bonchev–Trinajstić information content (AvgIpc) is 2.38. The Morgan fingerprint density at radius 1 is 1.19 bits per heavy atom. The molecule has 4 nitrogen and oxygen atoms in total. The number of hydrogen-bond donors (Lipinski definition) is 2. The summed E-state index contributed by atoms with van der Waals surface area (Å²) in [4.78, 5) is 16.8. The lowest BCUT2D eigenvalue weighted by Crippen LogP contribution is -2.18. The third kappa shape index (κ3) is 3.84. The lowest BCUT2D eigenvalue weighted by molar-refractivity contribution is -0.141. The number of rotatable bonds is 3. The van der Waals surface area contributed by atoms with Gasteiger partial charge < -0.3 is 5.32 Å². The number of aromatic nitrogens is 2. The van der Waals surface area contributed by atoms with Crippen LogP contribution in [0.1, 0.15) is 22.4 Å². The molecule has 7 heteroatoms. The van der Waals surface area contributed by atoms with E-state index in [0.717, 1.165) is 16.7 Å². The standard InChI is InChI=1S/C14H14F3N3O/c1-8-3-4-10(5-9(8)2)7-18-13-19-11(14(15,16)17)6-12(21)20-13/h3-6H,7H2,1-2H3,(H2,18,19,20,21). The number of hydrogen-bond acceptors (Lipinski definition) is 3. The molecule has 0 saturated heterocycles. The average molecular weight is 297 g/mol. The van der Waals surface area contributed by atoms with Crippen molar-refractivity contribution in [2.75, 3.05) is 5.32 Å². The van der Waals surface area contributed by atoms with Gasteiger partial charge in [-0.1, -0.05) is 18.2 Å². The molecule has 112 valence electrons. The van der Waals surface area contributed by atoms with E-state index in [1.165, 1.54) is 0 Å². The molecule has 0 bridgehead atoms. The minimum atomic E-state index is -4.65. The van der Waals surface area contributed by atoms with Gasteiger partial charge in [0.2, 0.25) is 5.95 Å². The quantitative estimate of drug-likeness (QED) is 0.915. The van der Waals surface area contributed by atoms with Crippen LogP contribution < -0.4 is 10.9 Å². The number of aromatic amines is 1. The van der Waals surface area contributed by atoms with Crippen LogP contribution in [0.4, 0.5) is 19.1 Å². The Hall–Kier alpha value is -2.31. The fourth-order valence-electron chi connectivity index (χ4n) is 1.79.